The summed E-state index contributed by atoms with van der Waals surface area (Å²) in [6.07, 6.45) is -0.902. The molecule has 0 saturated carbocycles. The van der Waals surface area contributed by atoms with E-state index >= 15 is 0 Å². The molecule has 0 aliphatic rings. The normalized spacial score (nSPS) is 12.0. The molecule has 0 N–H and O–H groups in total. The number of aromatic nitrogens is 1. The third-order valence-corrected chi connectivity index (χ3v) is 4.09. The number of hydrogen-bond acceptors (Lipinski definition) is 4. The molecule has 0 amide bonds. The smallest absolute Gasteiger partial charge is 0.339 e. The summed E-state index contributed by atoms with van der Waals surface area (Å²) in [6.45, 7) is 3.50. The van der Waals surface area contributed by atoms with Gasteiger partial charge in [-0.3, -0.25) is 4.79 Å². The molecule has 0 aliphatic heterocycles. The zero-order valence-electron chi connectivity index (χ0n) is 13.8. The zero-order valence-corrected chi connectivity index (χ0v) is 14.6. The molecular weight excluding hydrogens is 338 g/mol. The average molecular weight is 354 g/mol. The van der Waals surface area contributed by atoms with E-state index in [1.165, 1.54) is 6.07 Å². The highest BCUT2D eigenvalue weighted by Gasteiger charge is 2.22. The molecule has 126 valence electrons. The number of fused-ring (bicyclic) bond motifs is 1. The Labute approximate surface area is 150 Å². The first-order valence-electron chi connectivity index (χ1n) is 7.83. The molecule has 1 aromatic heterocycles. The summed E-state index contributed by atoms with van der Waals surface area (Å²) in [6, 6.07) is 15.7. The third kappa shape index (κ3) is 3.69. The number of ether oxygens (including phenoxy) is 1. The van der Waals surface area contributed by atoms with Crippen molar-refractivity contribution in [2.24, 2.45) is 0 Å². The van der Waals surface area contributed by atoms with E-state index < -0.39 is 12.1 Å². The van der Waals surface area contributed by atoms with Gasteiger partial charge in [-0.2, -0.15) is 0 Å². The summed E-state index contributed by atoms with van der Waals surface area (Å²) >= 11 is 5.99. The summed E-state index contributed by atoms with van der Waals surface area (Å²) in [4.78, 5) is 29.2. The molecule has 0 fully saturated rings. The molecule has 0 unspecified atom stereocenters. The van der Waals surface area contributed by atoms with Crippen molar-refractivity contribution in [3.05, 3.63) is 76.4 Å². The van der Waals surface area contributed by atoms with Crippen molar-refractivity contribution < 1.29 is 14.3 Å². The molecule has 0 bridgehead atoms. The van der Waals surface area contributed by atoms with E-state index in [0.717, 1.165) is 5.56 Å². The van der Waals surface area contributed by atoms with E-state index in [1.54, 1.807) is 37.3 Å². The molecule has 0 spiro atoms. The Morgan fingerprint density at radius 3 is 2.48 bits per heavy atom. The van der Waals surface area contributed by atoms with E-state index in [1.807, 2.05) is 25.1 Å². The molecule has 0 aliphatic carbocycles. The van der Waals surface area contributed by atoms with Crippen LogP contribution in [0.5, 0.6) is 0 Å². The van der Waals surface area contributed by atoms with Gasteiger partial charge in [-0.1, -0.05) is 59.6 Å². The van der Waals surface area contributed by atoms with Crippen LogP contribution in [0.1, 0.15) is 33.2 Å². The third-order valence-electron chi connectivity index (χ3n) is 3.89. The lowest BCUT2D eigenvalue weighted by molar-refractivity contribution is 0.0320. The van der Waals surface area contributed by atoms with Crippen LogP contribution in [0.4, 0.5) is 0 Å². The van der Waals surface area contributed by atoms with Crippen LogP contribution in [0.15, 0.2) is 54.6 Å². The van der Waals surface area contributed by atoms with E-state index in [0.29, 0.717) is 22.0 Å². The van der Waals surface area contributed by atoms with Crippen LogP contribution in [-0.2, 0) is 4.74 Å². The maximum Gasteiger partial charge on any atom is 0.339 e. The van der Waals surface area contributed by atoms with E-state index in [4.69, 9.17) is 16.3 Å². The summed E-state index contributed by atoms with van der Waals surface area (Å²) in [5, 5.41) is 0.829. The van der Waals surface area contributed by atoms with Crippen LogP contribution >= 0.6 is 11.6 Å². The van der Waals surface area contributed by atoms with Crippen molar-refractivity contribution in [3.63, 3.8) is 0 Å². The predicted octanol–water partition coefficient (Wildman–Crippen LogP) is 4.62. The Morgan fingerprint density at radius 2 is 1.76 bits per heavy atom. The Hall–Kier alpha value is -2.72. The minimum absolute atomic E-state index is 0.197. The van der Waals surface area contributed by atoms with Crippen molar-refractivity contribution in [2.75, 3.05) is 0 Å². The number of carbonyl (C=O) groups is 2. The van der Waals surface area contributed by atoms with Gasteiger partial charge in [-0.15, -0.1) is 0 Å². The number of para-hydroxylation sites is 1. The maximum absolute atomic E-state index is 12.6. The number of pyridine rings is 1. The van der Waals surface area contributed by atoms with Crippen molar-refractivity contribution in [3.8, 4) is 0 Å². The van der Waals surface area contributed by atoms with Crippen molar-refractivity contribution in [1.29, 1.82) is 0 Å². The first kappa shape index (κ1) is 17.1. The molecule has 25 heavy (non-hydrogen) atoms. The van der Waals surface area contributed by atoms with Crippen LogP contribution in [0.2, 0.25) is 5.15 Å². The molecule has 1 atom stereocenters. The second kappa shape index (κ2) is 7.03. The molecule has 1 heterocycles. The Balaban J connectivity index is 1.85. The number of benzene rings is 2. The summed E-state index contributed by atoms with van der Waals surface area (Å²) < 4.78 is 5.37. The van der Waals surface area contributed by atoms with Gasteiger partial charge in [-0.05, 0) is 26.0 Å². The monoisotopic (exact) mass is 353 g/mol. The lowest BCUT2D eigenvalue weighted by Crippen LogP contribution is -2.24. The van der Waals surface area contributed by atoms with Crippen LogP contribution in [0, 0.1) is 6.92 Å². The standard InChI is InChI=1S/C20H16ClNO3/c1-12-7-9-14(10-8-12)19(23)13(2)25-20(24)16-11-18(21)22-17-6-4-3-5-15(16)17/h3-11,13H,1-2H3/t13-/m1/s1. The number of hydrogen-bond donors (Lipinski definition) is 0. The number of Topliss-reactive ketones (excluding diaryl/α,β-unsaturated/α-hetero) is 1. The van der Waals surface area contributed by atoms with Gasteiger partial charge in [0.25, 0.3) is 0 Å². The molecule has 5 heteroatoms. The van der Waals surface area contributed by atoms with Gasteiger partial charge in [-0.25, -0.2) is 9.78 Å². The fourth-order valence-electron chi connectivity index (χ4n) is 2.54. The first-order valence-corrected chi connectivity index (χ1v) is 8.20. The number of nitrogens with zero attached hydrogens (tertiary/aromatic N) is 1. The number of esters is 1. The Morgan fingerprint density at radius 1 is 1.08 bits per heavy atom. The number of carbonyl (C=O) groups excluding carboxylic acids is 2. The summed E-state index contributed by atoms with van der Waals surface area (Å²) in [7, 11) is 0. The number of halogens is 1. The van der Waals surface area contributed by atoms with Crippen LogP contribution < -0.4 is 0 Å². The lowest BCUT2D eigenvalue weighted by Gasteiger charge is -2.13. The number of rotatable bonds is 4. The molecule has 0 radical (unpaired) electrons. The van der Waals surface area contributed by atoms with Gasteiger partial charge in [0.05, 0.1) is 11.1 Å². The molecule has 2 aromatic carbocycles. The average Bonchev–Trinajstić information content (AvgIpc) is 2.60. The first-order chi connectivity index (χ1) is 12.0. The van der Waals surface area contributed by atoms with Crippen LogP contribution in [0.3, 0.4) is 0 Å². The number of ketones is 1. The second-order valence-electron chi connectivity index (χ2n) is 5.79. The fourth-order valence-corrected chi connectivity index (χ4v) is 2.74. The summed E-state index contributed by atoms with van der Waals surface area (Å²) in [5.74, 6) is -0.855. The van der Waals surface area contributed by atoms with Gasteiger partial charge in [0.15, 0.2) is 6.10 Å². The minimum atomic E-state index is -0.902. The highest BCUT2D eigenvalue weighted by Crippen LogP contribution is 2.22. The number of aryl methyl sites for hydroxylation is 1. The molecule has 4 nitrogen and oxygen atoms in total. The zero-order chi connectivity index (χ0) is 18.0. The van der Waals surface area contributed by atoms with Gasteiger partial charge in [0, 0.05) is 10.9 Å². The Kier molecular flexibility index (Phi) is 4.81. The van der Waals surface area contributed by atoms with E-state index in [9.17, 15) is 9.59 Å². The molecule has 3 rings (SSSR count). The van der Waals surface area contributed by atoms with E-state index in [-0.39, 0.29) is 10.9 Å². The lowest BCUT2D eigenvalue weighted by atomic mass is 10.1. The van der Waals surface area contributed by atoms with Gasteiger partial charge < -0.3 is 4.74 Å². The molecular formula is C20H16ClNO3. The van der Waals surface area contributed by atoms with Crippen molar-refractivity contribution in [2.45, 2.75) is 20.0 Å². The van der Waals surface area contributed by atoms with Gasteiger partial charge in [0.1, 0.15) is 5.15 Å². The van der Waals surface area contributed by atoms with Gasteiger partial charge in [0.2, 0.25) is 5.78 Å². The van der Waals surface area contributed by atoms with Crippen molar-refractivity contribution >= 4 is 34.3 Å². The highest BCUT2D eigenvalue weighted by atomic mass is 35.5. The van der Waals surface area contributed by atoms with Crippen molar-refractivity contribution in [1.82, 2.24) is 4.98 Å². The fraction of sp³-hybridized carbons (Fsp3) is 0.150. The molecule has 0 saturated heterocycles. The maximum atomic E-state index is 12.6. The highest BCUT2D eigenvalue weighted by molar-refractivity contribution is 6.30. The largest absolute Gasteiger partial charge is 0.451 e. The van der Waals surface area contributed by atoms with Gasteiger partial charge >= 0.3 is 5.97 Å². The summed E-state index contributed by atoms with van der Waals surface area (Å²) in [5.41, 5.74) is 2.45. The minimum Gasteiger partial charge on any atom is -0.451 e. The quantitative estimate of drug-likeness (QED) is 0.390. The predicted molar refractivity (Wildman–Crippen MR) is 97.1 cm³/mol. The van der Waals surface area contributed by atoms with Crippen LogP contribution in [0.25, 0.3) is 10.9 Å². The SMILES string of the molecule is Cc1ccc(C(=O)[C@@H](C)OC(=O)c2cc(Cl)nc3ccccc23)cc1. The van der Waals surface area contributed by atoms with Crippen LogP contribution in [-0.4, -0.2) is 22.8 Å². The second-order valence-corrected chi connectivity index (χ2v) is 6.17. The molecule has 3 aromatic rings. The van der Waals surface area contributed by atoms with E-state index in [2.05, 4.69) is 4.98 Å². The Bertz CT molecular complexity index is 951. The topological polar surface area (TPSA) is 56.3 Å².